The molecule has 0 aromatic heterocycles. The predicted molar refractivity (Wildman–Crippen MR) is 51.3 cm³/mol. The molecule has 0 saturated heterocycles. The molecular formula is C8H7KNO3S. The topological polar surface area (TPSA) is 78.2 Å². The summed E-state index contributed by atoms with van der Waals surface area (Å²) in [6, 6.07) is 7.68. The Morgan fingerprint density at radius 3 is 2.43 bits per heavy atom. The van der Waals surface area contributed by atoms with Crippen molar-refractivity contribution in [2.24, 2.45) is 0 Å². The molecule has 0 saturated carbocycles. The minimum atomic E-state index is -4.21. The van der Waals surface area contributed by atoms with Gasteiger partial charge in [0, 0.05) is 51.4 Å². The molecule has 0 aliphatic heterocycles. The number of rotatable bonds is 2. The van der Waals surface area contributed by atoms with Gasteiger partial charge < -0.3 is 0 Å². The first-order valence-electron chi connectivity index (χ1n) is 3.48. The molecule has 0 spiro atoms. The van der Waals surface area contributed by atoms with Gasteiger partial charge in [-0.2, -0.15) is 13.7 Å². The van der Waals surface area contributed by atoms with Crippen LogP contribution in [0.3, 0.4) is 0 Å². The van der Waals surface area contributed by atoms with Gasteiger partial charge in [0.1, 0.15) is 0 Å². The first-order valence-corrected chi connectivity index (χ1v) is 4.92. The molecule has 1 radical (unpaired) electrons. The molecule has 0 amide bonds. The van der Waals surface area contributed by atoms with Crippen LogP contribution >= 0.6 is 0 Å². The maximum Gasteiger partial charge on any atom is 0.294 e. The second-order valence-corrected chi connectivity index (χ2v) is 3.81. The second-order valence-electron chi connectivity index (χ2n) is 2.42. The molecule has 14 heavy (non-hydrogen) atoms. The molecule has 1 N–H and O–H groups in total. The summed E-state index contributed by atoms with van der Waals surface area (Å²) in [4.78, 5) is -0.198. The van der Waals surface area contributed by atoms with Crippen LogP contribution in [-0.4, -0.2) is 64.4 Å². The van der Waals surface area contributed by atoms with Crippen molar-refractivity contribution in [3.05, 3.63) is 29.8 Å². The van der Waals surface area contributed by atoms with E-state index in [1.807, 2.05) is 6.07 Å². The maximum atomic E-state index is 10.8. The number of nitriles is 1. The van der Waals surface area contributed by atoms with Crippen molar-refractivity contribution in [1.82, 2.24) is 0 Å². The van der Waals surface area contributed by atoms with Crippen LogP contribution in [-0.2, 0) is 16.5 Å². The summed E-state index contributed by atoms with van der Waals surface area (Å²) in [5.41, 5.74) is 0.313. The van der Waals surface area contributed by atoms with E-state index in [4.69, 9.17) is 9.81 Å². The van der Waals surface area contributed by atoms with Gasteiger partial charge in [0.05, 0.1) is 17.4 Å². The monoisotopic (exact) mass is 236 g/mol. The maximum absolute atomic E-state index is 10.8. The zero-order valence-electron chi connectivity index (χ0n) is 7.64. The van der Waals surface area contributed by atoms with E-state index in [1.54, 1.807) is 6.07 Å². The molecule has 0 unspecified atom stereocenters. The van der Waals surface area contributed by atoms with Gasteiger partial charge in [-0.1, -0.05) is 18.2 Å². The van der Waals surface area contributed by atoms with Gasteiger partial charge in [-0.05, 0) is 11.6 Å². The number of hydrogen-bond donors (Lipinski definition) is 1. The Bertz CT molecular complexity index is 450. The van der Waals surface area contributed by atoms with Crippen LogP contribution < -0.4 is 0 Å². The van der Waals surface area contributed by atoms with Crippen molar-refractivity contribution < 1.29 is 13.0 Å². The molecule has 1 rings (SSSR count). The summed E-state index contributed by atoms with van der Waals surface area (Å²) in [7, 11) is -4.21. The van der Waals surface area contributed by atoms with Crippen molar-refractivity contribution in [3.8, 4) is 6.07 Å². The Hall–Kier alpha value is 0.256. The van der Waals surface area contributed by atoms with Gasteiger partial charge in [0.2, 0.25) is 0 Å². The third-order valence-electron chi connectivity index (χ3n) is 1.52. The Balaban J connectivity index is 0.00000169. The fourth-order valence-corrected chi connectivity index (χ4v) is 1.71. The number of hydrogen-bond acceptors (Lipinski definition) is 3. The summed E-state index contributed by atoms with van der Waals surface area (Å²) in [5, 5.41) is 8.38. The van der Waals surface area contributed by atoms with Gasteiger partial charge in [-0.25, -0.2) is 0 Å². The minimum Gasteiger partial charge on any atom is -0.282 e. The average molecular weight is 236 g/mol. The van der Waals surface area contributed by atoms with Gasteiger partial charge in [-0.3, -0.25) is 4.55 Å². The van der Waals surface area contributed by atoms with Crippen molar-refractivity contribution in [1.29, 1.82) is 5.26 Å². The zero-order valence-corrected chi connectivity index (χ0v) is 11.6. The van der Waals surface area contributed by atoms with E-state index in [1.165, 1.54) is 18.2 Å². The van der Waals surface area contributed by atoms with E-state index in [0.717, 1.165) is 0 Å². The van der Waals surface area contributed by atoms with Crippen LogP contribution in [0.4, 0.5) is 0 Å². The summed E-state index contributed by atoms with van der Waals surface area (Å²) in [6.07, 6.45) is -0.0318. The first-order chi connectivity index (χ1) is 6.05. The van der Waals surface area contributed by atoms with E-state index >= 15 is 0 Å². The molecule has 0 bridgehead atoms. The number of benzene rings is 1. The third-order valence-corrected chi connectivity index (χ3v) is 2.47. The third kappa shape index (κ3) is 3.78. The Kier molecular flexibility index (Phi) is 6.08. The van der Waals surface area contributed by atoms with Crippen molar-refractivity contribution in [2.75, 3.05) is 0 Å². The fraction of sp³-hybridized carbons (Fsp3) is 0.125. The SMILES string of the molecule is N#CCc1ccccc1S(=O)(=O)O.[K]. The molecule has 1 aromatic carbocycles. The predicted octanol–water partition coefficient (Wildman–Crippen LogP) is 0.619. The van der Waals surface area contributed by atoms with Crippen molar-refractivity contribution >= 4 is 61.5 Å². The van der Waals surface area contributed by atoms with Crippen LogP contribution in [0, 0.1) is 11.3 Å². The molecule has 4 nitrogen and oxygen atoms in total. The molecular weight excluding hydrogens is 229 g/mol. The van der Waals surface area contributed by atoms with Gasteiger partial charge in [-0.15, -0.1) is 0 Å². The normalized spacial score (nSPS) is 10.0. The van der Waals surface area contributed by atoms with Gasteiger partial charge in [0.15, 0.2) is 0 Å². The van der Waals surface area contributed by atoms with E-state index in [2.05, 4.69) is 0 Å². The van der Waals surface area contributed by atoms with E-state index in [9.17, 15) is 8.42 Å². The van der Waals surface area contributed by atoms with Gasteiger partial charge >= 0.3 is 0 Å². The van der Waals surface area contributed by atoms with Crippen molar-refractivity contribution in [2.45, 2.75) is 11.3 Å². The summed E-state index contributed by atoms with van der Waals surface area (Å²) in [5.74, 6) is 0. The van der Waals surface area contributed by atoms with Crippen LogP contribution in [0.1, 0.15) is 5.56 Å². The van der Waals surface area contributed by atoms with E-state index in [0.29, 0.717) is 5.56 Å². The van der Waals surface area contributed by atoms with Crippen LogP contribution in [0.15, 0.2) is 29.2 Å². The van der Waals surface area contributed by atoms with Crippen LogP contribution in [0.2, 0.25) is 0 Å². The molecule has 69 valence electrons. The van der Waals surface area contributed by atoms with E-state index < -0.39 is 10.1 Å². The Morgan fingerprint density at radius 1 is 1.36 bits per heavy atom. The van der Waals surface area contributed by atoms with Crippen LogP contribution in [0.25, 0.3) is 0 Å². The minimum absolute atomic E-state index is 0. The number of nitrogens with zero attached hydrogens (tertiary/aromatic N) is 1. The second kappa shape index (κ2) is 5.97. The summed E-state index contributed by atoms with van der Waals surface area (Å²) < 4.78 is 30.3. The molecule has 0 heterocycles. The molecule has 0 atom stereocenters. The molecule has 6 heteroatoms. The standard InChI is InChI=1S/C8H7NO3S.K/c9-6-5-7-3-1-2-4-8(7)13(10,11)12;/h1-4H,5H2,(H,10,11,12);. The molecule has 0 aliphatic carbocycles. The molecule has 0 aliphatic rings. The largest absolute Gasteiger partial charge is 0.294 e. The quantitative estimate of drug-likeness (QED) is 0.603. The smallest absolute Gasteiger partial charge is 0.282 e. The molecule has 0 fully saturated rings. The Morgan fingerprint density at radius 2 is 1.93 bits per heavy atom. The van der Waals surface area contributed by atoms with E-state index in [-0.39, 0.29) is 62.7 Å². The van der Waals surface area contributed by atoms with Crippen LogP contribution in [0.5, 0.6) is 0 Å². The molecule has 1 aromatic rings. The summed E-state index contributed by atoms with van der Waals surface area (Å²) in [6.45, 7) is 0. The fourth-order valence-electron chi connectivity index (χ4n) is 0.987. The van der Waals surface area contributed by atoms with Crippen molar-refractivity contribution in [3.63, 3.8) is 0 Å². The Labute approximate surface area is 125 Å². The first kappa shape index (κ1) is 14.3. The average Bonchev–Trinajstić information content (AvgIpc) is 2.04. The summed E-state index contributed by atoms with van der Waals surface area (Å²) >= 11 is 0. The zero-order chi connectivity index (χ0) is 9.90. The van der Waals surface area contributed by atoms with Gasteiger partial charge in [0.25, 0.3) is 10.1 Å².